The molecule has 0 spiro atoms. The minimum atomic E-state index is 0.185. The van der Waals surface area contributed by atoms with Crippen LogP contribution in [0, 0.1) is 0 Å². The summed E-state index contributed by atoms with van der Waals surface area (Å²) in [7, 11) is 2.04. The molecule has 1 fully saturated rings. The fourth-order valence-corrected chi connectivity index (χ4v) is 3.02. The first-order valence-corrected chi connectivity index (χ1v) is 7.06. The summed E-state index contributed by atoms with van der Waals surface area (Å²) in [4.78, 5) is 4.34. The number of imidazole rings is 1. The molecule has 0 amide bonds. The number of rotatable bonds is 5. The van der Waals surface area contributed by atoms with Gasteiger partial charge in [-0.15, -0.1) is 11.6 Å². The van der Waals surface area contributed by atoms with Crippen LogP contribution in [0.3, 0.4) is 0 Å². The third-order valence-corrected chi connectivity index (χ3v) is 4.35. The topological polar surface area (TPSA) is 29.9 Å². The molecule has 0 unspecified atom stereocenters. The summed E-state index contributed by atoms with van der Waals surface area (Å²) in [6.45, 7) is 0.970. The Kier molecular flexibility index (Phi) is 4.46. The summed E-state index contributed by atoms with van der Waals surface area (Å²) in [6.07, 6.45) is 11.2. The number of aryl methyl sites for hydroxylation is 1. The molecule has 4 heteroatoms. The summed E-state index contributed by atoms with van der Waals surface area (Å²) in [5.41, 5.74) is 0.185. The molecule has 0 bridgehead atoms. The molecule has 0 aromatic carbocycles. The average molecular weight is 256 g/mol. The fraction of sp³-hybridized carbons (Fsp3) is 0.769. The fourth-order valence-electron chi connectivity index (χ4n) is 2.66. The molecular formula is C13H22ClN3. The highest BCUT2D eigenvalue weighted by molar-refractivity contribution is 6.18. The first-order chi connectivity index (χ1) is 8.26. The van der Waals surface area contributed by atoms with Crippen LogP contribution in [0.4, 0.5) is 0 Å². The minimum absolute atomic E-state index is 0.185. The van der Waals surface area contributed by atoms with E-state index in [9.17, 15) is 0 Å². The zero-order valence-corrected chi connectivity index (χ0v) is 11.3. The molecule has 1 aromatic heterocycles. The van der Waals surface area contributed by atoms with Gasteiger partial charge in [-0.2, -0.15) is 0 Å². The standard InChI is InChI=1S/C13H22ClN3/c1-17-10-9-15-12(17)5-8-16-13(11-14)6-3-2-4-7-13/h9-10,16H,2-8,11H2,1H3. The normalized spacial score (nSPS) is 19.4. The molecule has 0 saturated heterocycles. The van der Waals surface area contributed by atoms with Gasteiger partial charge in [-0.05, 0) is 12.8 Å². The molecule has 0 aliphatic heterocycles. The Balaban J connectivity index is 1.82. The lowest BCUT2D eigenvalue weighted by Crippen LogP contribution is -2.49. The predicted octanol–water partition coefficient (Wildman–Crippen LogP) is 2.49. The van der Waals surface area contributed by atoms with Crippen molar-refractivity contribution in [2.75, 3.05) is 12.4 Å². The quantitative estimate of drug-likeness (QED) is 0.820. The SMILES string of the molecule is Cn1ccnc1CCNC1(CCl)CCCCC1. The van der Waals surface area contributed by atoms with Crippen LogP contribution in [0.1, 0.15) is 37.9 Å². The second-order valence-corrected chi connectivity index (χ2v) is 5.37. The largest absolute Gasteiger partial charge is 0.338 e. The van der Waals surface area contributed by atoms with Gasteiger partial charge >= 0.3 is 0 Å². The van der Waals surface area contributed by atoms with Gasteiger partial charge in [0.25, 0.3) is 0 Å². The Hall–Kier alpha value is -0.540. The second-order valence-electron chi connectivity index (χ2n) is 5.11. The van der Waals surface area contributed by atoms with Crippen LogP contribution in [0.5, 0.6) is 0 Å². The van der Waals surface area contributed by atoms with Gasteiger partial charge in [0, 0.05) is 43.8 Å². The van der Waals surface area contributed by atoms with Crippen molar-refractivity contribution in [1.82, 2.24) is 14.9 Å². The second kappa shape index (κ2) is 5.87. The minimum Gasteiger partial charge on any atom is -0.338 e. The van der Waals surface area contributed by atoms with Crippen molar-refractivity contribution in [3.63, 3.8) is 0 Å². The zero-order chi connectivity index (χ0) is 12.1. The van der Waals surface area contributed by atoms with E-state index in [0.29, 0.717) is 0 Å². The lowest BCUT2D eigenvalue weighted by atomic mass is 9.83. The molecule has 96 valence electrons. The van der Waals surface area contributed by atoms with Crippen molar-refractivity contribution in [2.45, 2.75) is 44.1 Å². The summed E-state index contributed by atoms with van der Waals surface area (Å²) in [5, 5.41) is 3.66. The van der Waals surface area contributed by atoms with Crippen molar-refractivity contribution in [1.29, 1.82) is 0 Å². The Bertz CT molecular complexity index is 342. The lowest BCUT2D eigenvalue weighted by Gasteiger charge is -2.36. The molecule has 0 radical (unpaired) electrons. The van der Waals surface area contributed by atoms with Crippen LogP contribution in [0.25, 0.3) is 0 Å². The molecule has 1 aliphatic carbocycles. The number of aromatic nitrogens is 2. The van der Waals surface area contributed by atoms with E-state index in [-0.39, 0.29) is 5.54 Å². The van der Waals surface area contributed by atoms with Crippen LogP contribution in [0.2, 0.25) is 0 Å². The molecule has 17 heavy (non-hydrogen) atoms. The van der Waals surface area contributed by atoms with E-state index in [0.717, 1.165) is 24.7 Å². The molecule has 1 aromatic rings. The molecule has 1 heterocycles. The number of nitrogens with zero attached hydrogens (tertiary/aromatic N) is 2. The van der Waals surface area contributed by atoms with Crippen LogP contribution in [-0.2, 0) is 13.5 Å². The van der Waals surface area contributed by atoms with E-state index in [4.69, 9.17) is 11.6 Å². The van der Waals surface area contributed by atoms with Crippen LogP contribution >= 0.6 is 11.6 Å². The van der Waals surface area contributed by atoms with Gasteiger partial charge < -0.3 is 9.88 Å². The zero-order valence-electron chi connectivity index (χ0n) is 10.6. The first-order valence-electron chi connectivity index (χ1n) is 6.53. The van der Waals surface area contributed by atoms with Gasteiger partial charge in [-0.3, -0.25) is 0 Å². The summed E-state index contributed by atoms with van der Waals surface area (Å²) < 4.78 is 2.08. The van der Waals surface area contributed by atoms with Gasteiger partial charge in [0.2, 0.25) is 0 Å². The monoisotopic (exact) mass is 255 g/mol. The third kappa shape index (κ3) is 3.23. The lowest BCUT2D eigenvalue weighted by molar-refractivity contribution is 0.259. The number of nitrogens with one attached hydrogen (secondary N) is 1. The third-order valence-electron chi connectivity index (χ3n) is 3.84. The highest BCUT2D eigenvalue weighted by Crippen LogP contribution is 2.29. The average Bonchev–Trinajstić information content (AvgIpc) is 2.76. The Labute approximate surface area is 109 Å². The van der Waals surface area contributed by atoms with E-state index < -0.39 is 0 Å². The van der Waals surface area contributed by atoms with Gasteiger partial charge in [0.05, 0.1) is 0 Å². The molecule has 1 saturated carbocycles. The van der Waals surface area contributed by atoms with Crippen molar-refractivity contribution in [3.8, 4) is 0 Å². The molecule has 0 atom stereocenters. The maximum absolute atomic E-state index is 6.15. The smallest absolute Gasteiger partial charge is 0.109 e. The van der Waals surface area contributed by atoms with Crippen molar-refractivity contribution >= 4 is 11.6 Å². The van der Waals surface area contributed by atoms with Gasteiger partial charge in [-0.1, -0.05) is 19.3 Å². The van der Waals surface area contributed by atoms with Crippen molar-refractivity contribution in [2.24, 2.45) is 7.05 Å². The first kappa shape index (κ1) is 12.9. The highest BCUT2D eigenvalue weighted by atomic mass is 35.5. The Morgan fingerprint density at radius 1 is 1.41 bits per heavy atom. The van der Waals surface area contributed by atoms with Crippen molar-refractivity contribution < 1.29 is 0 Å². The molecule has 1 N–H and O–H groups in total. The predicted molar refractivity (Wildman–Crippen MR) is 71.5 cm³/mol. The Morgan fingerprint density at radius 3 is 2.76 bits per heavy atom. The van der Waals surface area contributed by atoms with E-state index >= 15 is 0 Å². The molecule has 3 nitrogen and oxygen atoms in total. The molecule has 1 aliphatic rings. The van der Waals surface area contributed by atoms with Crippen LogP contribution in [0.15, 0.2) is 12.4 Å². The maximum Gasteiger partial charge on any atom is 0.109 e. The maximum atomic E-state index is 6.15. The highest BCUT2D eigenvalue weighted by Gasteiger charge is 2.30. The summed E-state index contributed by atoms with van der Waals surface area (Å²) >= 11 is 6.15. The van der Waals surface area contributed by atoms with Gasteiger partial charge in [-0.25, -0.2) is 4.98 Å². The number of hydrogen-bond donors (Lipinski definition) is 1. The van der Waals surface area contributed by atoms with E-state index in [1.165, 1.54) is 32.1 Å². The van der Waals surface area contributed by atoms with Gasteiger partial charge in [0.1, 0.15) is 5.82 Å². The molecular weight excluding hydrogens is 234 g/mol. The summed E-state index contributed by atoms with van der Waals surface area (Å²) in [6, 6.07) is 0. The van der Waals surface area contributed by atoms with Crippen molar-refractivity contribution in [3.05, 3.63) is 18.2 Å². The number of alkyl halides is 1. The van der Waals surface area contributed by atoms with E-state index in [1.807, 2.05) is 19.4 Å². The van der Waals surface area contributed by atoms with Crippen LogP contribution in [-0.4, -0.2) is 27.5 Å². The van der Waals surface area contributed by atoms with E-state index in [2.05, 4.69) is 14.9 Å². The number of hydrogen-bond acceptors (Lipinski definition) is 2. The van der Waals surface area contributed by atoms with Crippen LogP contribution < -0.4 is 5.32 Å². The van der Waals surface area contributed by atoms with E-state index in [1.54, 1.807) is 0 Å². The summed E-state index contributed by atoms with van der Waals surface area (Å²) in [5.74, 6) is 1.87. The molecule has 2 rings (SSSR count). The Morgan fingerprint density at radius 2 is 2.18 bits per heavy atom. The van der Waals surface area contributed by atoms with Gasteiger partial charge in [0.15, 0.2) is 0 Å². The number of halogens is 1.